The van der Waals surface area contributed by atoms with Crippen LogP contribution in [0.3, 0.4) is 0 Å². The predicted molar refractivity (Wildman–Crippen MR) is 111 cm³/mol. The van der Waals surface area contributed by atoms with E-state index in [1.807, 2.05) is 40.3 Å². The number of aromatic nitrogens is 1. The topological polar surface area (TPSA) is 56.8 Å². The number of carbonyl (C=O) groups is 2. The summed E-state index contributed by atoms with van der Waals surface area (Å²) in [6.45, 7) is 7.27. The van der Waals surface area contributed by atoms with Crippen LogP contribution in [-0.4, -0.2) is 65.4 Å². The minimum Gasteiger partial charge on any atom is -0.340 e. The molecule has 0 saturated carbocycles. The first-order valence-electron chi connectivity index (χ1n) is 9.82. The Balaban J connectivity index is 1.30. The van der Waals surface area contributed by atoms with Crippen molar-refractivity contribution in [3.63, 3.8) is 0 Å². The first kappa shape index (κ1) is 19.1. The van der Waals surface area contributed by atoms with Gasteiger partial charge < -0.3 is 9.80 Å². The monoisotopic (exact) mass is 398 g/mol. The lowest BCUT2D eigenvalue weighted by Crippen LogP contribution is -2.52. The summed E-state index contributed by atoms with van der Waals surface area (Å²) < 4.78 is 0. The van der Waals surface area contributed by atoms with Crippen molar-refractivity contribution < 1.29 is 9.59 Å². The van der Waals surface area contributed by atoms with Crippen molar-refractivity contribution in [2.24, 2.45) is 0 Å². The number of fused-ring (bicyclic) bond motifs is 1. The number of carbonyl (C=O) groups excluding carboxylic acids is 2. The molecular formula is C21H26N4O2S. The maximum Gasteiger partial charge on any atom is 0.241 e. The van der Waals surface area contributed by atoms with Gasteiger partial charge in [0.05, 0.1) is 13.0 Å². The molecule has 148 valence electrons. The van der Waals surface area contributed by atoms with Gasteiger partial charge in [-0.2, -0.15) is 0 Å². The average Bonchev–Trinajstić information content (AvgIpc) is 3.23. The molecule has 2 aromatic rings. The van der Waals surface area contributed by atoms with Crippen molar-refractivity contribution in [3.05, 3.63) is 45.9 Å². The molecule has 1 fully saturated rings. The maximum atomic E-state index is 12.9. The van der Waals surface area contributed by atoms with Gasteiger partial charge in [0.2, 0.25) is 11.8 Å². The molecule has 2 aliphatic rings. The summed E-state index contributed by atoms with van der Waals surface area (Å²) in [5.74, 6) is 0.276. The van der Waals surface area contributed by atoms with E-state index in [0.29, 0.717) is 26.1 Å². The lowest BCUT2D eigenvalue weighted by atomic mass is 10.1. The molecule has 7 heteroatoms. The van der Waals surface area contributed by atoms with Crippen LogP contribution in [-0.2, 0) is 22.4 Å². The summed E-state index contributed by atoms with van der Waals surface area (Å²) in [5.41, 5.74) is 3.26. The minimum absolute atomic E-state index is 0.127. The van der Waals surface area contributed by atoms with Gasteiger partial charge in [0, 0.05) is 49.0 Å². The Morgan fingerprint density at radius 2 is 1.89 bits per heavy atom. The normalized spacial score (nSPS) is 19.7. The third-order valence-electron chi connectivity index (χ3n) is 5.53. The largest absolute Gasteiger partial charge is 0.340 e. The van der Waals surface area contributed by atoms with Gasteiger partial charge in [-0.25, -0.2) is 4.98 Å². The van der Waals surface area contributed by atoms with Crippen LogP contribution in [0, 0.1) is 6.92 Å². The molecule has 2 amide bonds. The minimum atomic E-state index is 0.127. The molecule has 0 N–H and O–H groups in total. The number of piperazine rings is 1. The molecule has 0 unspecified atom stereocenters. The standard InChI is InChI=1S/C21H26N4O2S/c1-15-14-28-19(22-15)12-20(26)24-9-7-23(8-10-24)13-21(27)25-16(2)11-17-5-3-4-6-18(17)25/h3-6,14,16H,7-13H2,1-2H3/t16-/m0/s1. The summed E-state index contributed by atoms with van der Waals surface area (Å²) in [4.78, 5) is 35.8. The molecular weight excluding hydrogens is 372 g/mol. The van der Waals surface area contributed by atoms with E-state index < -0.39 is 0 Å². The summed E-state index contributed by atoms with van der Waals surface area (Å²) in [6, 6.07) is 8.37. The number of hydrogen-bond acceptors (Lipinski definition) is 5. The highest BCUT2D eigenvalue weighted by atomic mass is 32.1. The van der Waals surface area contributed by atoms with Crippen molar-refractivity contribution in [2.75, 3.05) is 37.6 Å². The van der Waals surface area contributed by atoms with E-state index in [9.17, 15) is 9.59 Å². The second-order valence-corrected chi connectivity index (χ2v) is 8.60. The third-order valence-corrected chi connectivity index (χ3v) is 6.50. The van der Waals surface area contributed by atoms with Crippen molar-refractivity contribution in [2.45, 2.75) is 32.7 Å². The van der Waals surface area contributed by atoms with E-state index in [1.165, 1.54) is 5.56 Å². The number of amides is 2. The van der Waals surface area contributed by atoms with Crippen LogP contribution in [0.25, 0.3) is 0 Å². The van der Waals surface area contributed by atoms with E-state index in [-0.39, 0.29) is 17.9 Å². The fraction of sp³-hybridized carbons (Fsp3) is 0.476. The van der Waals surface area contributed by atoms with Gasteiger partial charge >= 0.3 is 0 Å². The number of para-hydroxylation sites is 1. The maximum absolute atomic E-state index is 12.9. The highest BCUT2D eigenvalue weighted by Gasteiger charge is 2.32. The fourth-order valence-corrected chi connectivity index (χ4v) is 4.86. The van der Waals surface area contributed by atoms with E-state index in [2.05, 4.69) is 22.9 Å². The first-order chi connectivity index (χ1) is 13.5. The molecule has 1 saturated heterocycles. The van der Waals surface area contributed by atoms with E-state index in [0.717, 1.165) is 35.9 Å². The summed E-state index contributed by atoms with van der Waals surface area (Å²) in [7, 11) is 0. The highest BCUT2D eigenvalue weighted by molar-refractivity contribution is 7.09. The van der Waals surface area contributed by atoms with Crippen LogP contribution in [0.15, 0.2) is 29.6 Å². The van der Waals surface area contributed by atoms with Crippen LogP contribution >= 0.6 is 11.3 Å². The molecule has 1 aromatic carbocycles. The van der Waals surface area contributed by atoms with E-state index >= 15 is 0 Å². The number of hydrogen-bond donors (Lipinski definition) is 0. The van der Waals surface area contributed by atoms with E-state index in [1.54, 1.807) is 11.3 Å². The predicted octanol–water partition coefficient (Wildman–Crippen LogP) is 2.12. The number of nitrogens with zero attached hydrogens (tertiary/aromatic N) is 4. The molecule has 0 radical (unpaired) electrons. The smallest absolute Gasteiger partial charge is 0.241 e. The molecule has 3 heterocycles. The van der Waals surface area contributed by atoms with Crippen molar-refractivity contribution >= 4 is 28.8 Å². The van der Waals surface area contributed by atoms with Gasteiger partial charge in [-0.3, -0.25) is 14.5 Å². The zero-order valence-electron chi connectivity index (χ0n) is 16.4. The van der Waals surface area contributed by atoms with Crippen LogP contribution in [0.2, 0.25) is 0 Å². The Labute approximate surface area is 169 Å². The number of rotatable bonds is 4. The van der Waals surface area contributed by atoms with E-state index in [4.69, 9.17) is 0 Å². The van der Waals surface area contributed by atoms with Gasteiger partial charge in [0.1, 0.15) is 5.01 Å². The summed E-state index contributed by atoms with van der Waals surface area (Å²) in [6.07, 6.45) is 1.29. The Morgan fingerprint density at radius 3 is 2.61 bits per heavy atom. The van der Waals surface area contributed by atoms with Gasteiger partial charge in [-0.05, 0) is 31.9 Å². The SMILES string of the molecule is Cc1csc(CC(=O)N2CCN(CC(=O)N3c4ccccc4C[C@@H]3C)CC2)n1. The quantitative estimate of drug-likeness (QED) is 0.792. The molecule has 0 aliphatic carbocycles. The van der Waals surface area contributed by atoms with Crippen LogP contribution in [0.5, 0.6) is 0 Å². The van der Waals surface area contributed by atoms with Gasteiger partial charge in [0.15, 0.2) is 0 Å². The Hall–Kier alpha value is -2.25. The van der Waals surface area contributed by atoms with Crippen LogP contribution < -0.4 is 4.90 Å². The Morgan fingerprint density at radius 1 is 1.14 bits per heavy atom. The van der Waals surface area contributed by atoms with Crippen LogP contribution in [0.1, 0.15) is 23.2 Å². The second kappa shape index (κ2) is 8.01. The van der Waals surface area contributed by atoms with Gasteiger partial charge in [-0.1, -0.05) is 18.2 Å². The Bertz CT molecular complexity index is 873. The lowest BCUT2D eigenvalue weighted by Gasteiger charge is -2.35. The Kier molecular flexibility index (Phi) is 5.46. The molecule has 2 aliphatic heterocycles. The molecule has 1 aromatic heterocycles. The number of aryl methyl sites for hydroxylation is 1. The summed E-state index contributed by atoms with van der Waals surface area (Å²) >= 11 is 1.54. The van der Waals surface area contributed by atoms with Crippen LogP contribution in [0.4, 0.5) is 5.69 Å². The molecule has 1 atom stereocenters. The molecule has 4 rings (SSSR count). The zero-order chi connectivity index (χ0) is 19.7. The molecule has 6 nitrogen and oxygen atoms in total. The number of anilines is 1. The highest BCUT2D eigenvalue weighted by Crippen LogP contribution is 2.31. The lowest BCUT2D eigenvalue weighted by molar-refractivity contribution is -0.132. The third kappa shape index (κ3) is 3.95. The van der Waals surface area contributed by atoms with Crippen molar-refractivity contribution in [3.8, 4) is 0 Å². The molecule has 0 bridgehead atoms. The van der Waals surface area contributed by atoms with Crippen molar-refractivity contribution in [1.82, 2.24) is 14.8 Å². The number of benzene rings is 1. The van der Waals surface area contributed by atoms with Crippen molar-refractivity contribution in [1.29, 1.82) is 0 Å². The second-order valence-electron chi connectivity index (χ2n) is 7.66. The van der Waals surface area contributed by atoms with Gasteiger partial charge in [-0.15, -0.1) is 11.3 Å². The zero-order valence-corrected chi connectivity index (χ0v) is 17.2. The summed E-state index contributed by atoms with van der Waals surface area (Å²) in [5, 5.41) is 2.85. The average molecular weight is 399 g/mol. The molecule has 0 spiro atoms. The first-order valence-corrected chi connectivity index (χ1v) is 10.7. The fourth-order valence-electron chi connectivity index (χ4n) is 4.09. The molecule has 28 heavy (non-hydrogen) atoms. The number of thiazole rings is 1. The van der Waals surface area contributed by atoms with Gasteiger partial charge in [0.25, 0.3) is 0 Å².